The number of rotatable bonds is 8. The summed E-state index contributed by atoms with van der Waals surface area (Å²) in [5.41, 5.74) is 17.8. The molecule has 1 aliphatic carbocycles. The molecule has 11 aromatic rings. The Balaban J connectivity index is 0.989. The van der Waals surface area contributed by atoms with Gasteiger partial charge in [0, 0.05) is 37.2 Å². The van der Waals surface area contributed by atoms with Crippen molar-refractivity contribution < 1.29 is 0 Å². The number of hydrogen-bond donors (Lipinski definition) is 0. The van der Waals surface area contributed by atoms with Crippen LogP contribution in [0.2, 0.25) is 0 Å². The van der Waals surface area contributed by atoms with E-state index in [0.717, 1.165) is 17.1 Å². The molecular formula is C61H41NS. The Kier molecular flexibility index (Phi) is 8.98. The minimum atomic E-state index is -0.459. The van der Waals surface area contributed by atoms with E-state index in [0.29, 0.717) is 0 Å². The summed E-state index contributed by atoms with van der Waals surface area (Å²) in [4.78, 5) is 2.40. The van der Waals surface area contributed by atoms with Gasteiger partial charge in [-0.2, -0.15) is 0 Å². The first kappa shape index (κ1) is 37.0. The largest absolute Gasteiger partial charge is 0.310 e. The van der Waals surface area contributed by atoms with E-state index in [1.165, 1.54) is 86.9 Å². The molecule has 296 valence electrons. The molecule has 12 rings (SSSR count). The van der Waals surface area contributed by atoms with Crippen LogP contribution in [0.1, 0.15) is 22.3 Å². The molecule has 2 heteroatoms. The molecule has 1 heterocycles. The highest BCUT2D eigenvalue weighted by Crippen LogP contribution is 2.56. The van der Waals surface area contributed by atoms with E-state index >= 15 is 0 Å². The third kappa shape index (κ3) is 6.14. The van der Waals surface area contributed by atoms with Crippen molar-refractivity contribution in [3.63, 3.8) is 0 Å². The van der Waals surface area contributed by atoms with Crippen molar-refractivity contribution in [1.29, 1.82) is 0 Å². The standard InChI is InChI=1S/C61H41NS/c1-3-15-42(16-4-1)43-29-31-44(32-30-43)46-17-13-20-51(41-46)62(49-37-33-45(34-38-49)52-24-14-25-56-55-23-9-12-28-59(55)63-60(52)56)50-39-35-48(36-40-50)61(47-18-5-2-6-19-47)57-26-10-7-21-53(57)54-22-8-11-27-58(54)61/h1-41H. The van der Waals surface area contributed by atoms with Gasteiger partial charge in [0.15, 0.2) is 0 Å². The average Bonchev–Trinajstić information content (AvgIpc) is 3.90. The third-order valence-electron chi connectivity index (χ3n) is 13.0. The average molecular weight is 820 g/mol. The molecule has 0 atom stereocenters. The lowest BCUT2D eigenvalue weighted by Gasteiger charge is -2.34. The Morgan fingerprint density at radius 2 is 0.778 bits per heavy atom. The van der Waals surface area contributed by atoms with Crippen molar-refractivity contribution in [3.05, 3.63) is 271 Å². The lowest BCUT2D eigenvalue weighted by Crippen LogP contribution is -2.28. The van der Waals surface area contributed by atoms with Crippen LogP contribution in [0, 0.1) is 0 Å². The van der Waals surface area contributed by atoms with Gasteiger partial charge in [0.05, 0.1) is 5.41 Å². The molecule has 63 heavy (non-hydrogen) atoms. The Bertz CT molecular complexity index is 3370. The summed E-state index contributed by atoms with van der Waals surface area (Å²) in [6, 6.07) is 91.4. The number of fused-ring (bicyclic) bond motifs is 6. The van der Waals surface area contributed by atoms with Crippen molar-refractivity contribution >= 4 is 48.6 Å². The maximum atomic E-state index is 2.40. The molecular weight excluding hydrogens is 779 g/mol. The monoisotopic (exact) mass is 819 g/mol. The predicted octanol–water partition coefficient (Wildman–Crippen LogP) is 16.9. The highest BCUT2D eigenvalue weighted by Gasteiger charge is 2.45. The van der Waals surface area contributed by atoms with E-state index in [1.807, 2.05) is 11.3 Å². The lowest BCUT2D eigenvalue weighted by atomic mass is 9.68. The van der Waals surface area contributed by atoms with E-state index in [2.05, 4.69) is 254 Å². The van der Waals surface area contributed by atoms with Gasteiger partial charge in [-0.1, -0.05) is 206 Å². The fourth-order valence-electron chi connectivity index (χ4n) is 10.1. The van der Waals surface area contributed by atoms with Gasteiger partial charge >= 0.3 is 0 Å². The van der Waals surface area contributed by atoms with Crippen molar-refractivity contribution in [3.8, 4) is 44.5 Å². The van der Waals surface area contributed by atoms with Crippen LogP contribution in [-0.2, 0) is 5.41 Å². The molecule has 0 saturated heterocycles. The summed E-state index contributed by atoms with van der Waals surface area (Å²) in [5.74, 6) is 0. The van der Waals surface area contributed by atoms with Crippen molar-refractivity contribution in [2.75, 3.05) is 4.90 Å². The van der Waals surface area contributed by atoms with Crippen LogP contribution in [0.25, 0.3) is 64.7 Å². The number of hydrogen-bond acceptors (Lipinski definition) is 2. The second kappa shape index (κ2) is 15.3. The van der Waals surface area contributed by atoms with Crippen LogP contribution >= 0.6 is 11.3 Å². The van der Waals surface area contributed by atoms with Gasteiger partial charge in [-0.15, -0.1) is 11.3 Å². The summed E-state index contributed by atoms with van der Waals surface area (Å²) in [5, 5.41) is 2.63. The summed E-state index contributed by atoms with van der Waals surface area (Å²) >= 11 is 1.88. The Labute approximate surface area is 372 Å². The first-order chi connectivity index (χ1) is 31.2. The zero-order chi connectivity index (χ0) is 41.7. The summed E-state index contributed by atoms with van der Waals surface area (Å²) in [6.07, 6.45) is 0. The first-order valence-corrected chi connectivity index (χ1v) is 22.5. The summed E-state index contributed by atoms with van der Waals surface area (Å²) < 4.78 is 2.65. The Morgan fingerprint density at radius 3 is 1.48 bits per heavy atom. The number of benzene rings is 10. The minimum Gasteiger partial charge on any atom is -0.310 e. The van der Waals surface area contributed by atoms with Gasteiger partial charge in [0.1, 0.15) is 0 Å². The molecule has 1 aliphatic rings. The normalized spacial score (nSPS) is 12.6. The highest BCUT2D eigenvalue weighted by atomic mass is 32.1. The lowest BCUT2D eigenvalue weighted by molar-refractivity contribution is 0.768. The van der Waals surface area contributed by atoms with Gasteiger partial charge in [-0.05, 0) is 109 Å². The number of anilines is 3. The predicted molar refractivity (Wildman–Crippen MR) is 268 cm³/mol. The molecule has 0 bridgehead atoms. The SMILES string of the molecule is c1ccc(-c2ccc(-c3cccc(N(c4ccc(-c5cccc6c5sc5ccccc56)cc4)c4ccc(C5(c6ccccc6)c6ccccc6-c6ccccc65)cc4)c3)cc2)cc1. The van der Waals surface area contributed by atoms with Crippen molar-refractivity contribution in [2.24, 2.45) is 0 Å². The molecule has 0 N–H and O–H groups in total. The summed E-state index contributed by atoms with van der Waals surface area (Å²) in [6.45, 7) is 0. The topological polar surface area (TPSA) is 3.24 Å². The zero-order valence-electron chi connectivity index (χ0n) is 34.5. The number of thiophene rings is 1. The second-order valence-corrected chi connectivity index (χ2v) is 17.5. The van der Waals surface area contributed by atoms with Crippen LogP contribution in [-0.4, -0.2) is 0 Å². The highest BCUT2D eigenvalue weighted by molar-refractivity contribution is 7.26. The fraction of sp³-hybridized carbons (Fsp3) is 0.0164. The van der Waals surface area contributed by atoms with E-state index in [9.17, 15) is 0 Å². The van der Waals surface area contributed by atoms with Gasteiger partial charge in [0.2, 0.25) is 0 Å². The van der Waals surface area contributed by atoms with Gasteiger partial charge < -0.3 is 4.90 Å². The van der Waals surface area contributed by atoms with Crippen LogP contribution in [0.3, 0.4) is 0 Å². The second-order valence-electron chi connectivity index (χ2n) is 16.4. The van der Waals surface area contributed by atoms with Crippen LogP contribution in [0.4, 0.5) is 17.1 Å². The zero-order valence-corrected chi connectivity index (χ0v) is 35.3. The maximum absolute atomic E-state index is 2.40. The smallest absolute Gasteiger partial charge is 0.0713 e. The van der Waals surface area contributed by atoms with Gasteiger partial charge in [-0.25, -0.2) is 0 Å². The van der Waals surface area contributed by atoms with Crippen LogP contribution in [0.15, 0.2) is 249 Å². The van der Waals surface area contributed by atoms with E-state index in [4.69, 9.17) is 0 Å². The Hall–Kier alpha value is -7.78. The molecule has 0 saturated carbocycles. The Morgan fingerprint density at radius 1 is 0.302 bits per heavy atom. The molecule has 0 amide bonds. The van der Waals surface area contributed by atoms with Gasteiger partial charge in [0.25, 0.3) is 0 Å². The van der Waals surface area contributed by atoms with Gasteiger partial charge in [-0.3, -0.25) is 0 Å². The third-order valence-corrected chi connectivity index (χ3v) is 14.2. The fourth-order valence-corrected chi connectivity index (χ4v) is 11.3. The van der Waals surface area contributed by atoms with E-state index < -0.39 is 5.41 Å². The molecule has 0 aliphatic heterocycles. The van der Waals surface area contributed by atoms with E-state index in [-0.39, 0.29) is 0 Å². The molecule has 1 nitrogen and oxygen atoms in total. The molecule has 1 aromatic heterocycles. The molecule has 0 spiro atoms. The van der Waals surface area contributed by atoms with Crippen molar-refractivity contribution in [2.45, 2.75) is 5.41 Å². The first-order valence-electron chi connectivity index (χ1n) is 21.7. The molecule has 0 radical (unpaired) electrons. The minimum absolute atomic E-state index is 0.459. The molecule has 0 fully saturated rings. The summed E-state index contributed by atoms with van der Waals surface area (Å²) in [7, 11) is 0. The van der Waals surface area contributed by atoms with E-state index in [1.54, 1.807) is 0 Å². The molecule has 10 aromatic carbocycles. The van der Waals surface area contributed by atoms with Crippen LogP contribution < -0.4 is 4.90 Å². The quantitative estimate of drug-likeness (QED) is 0.148. The van der Waals surface area contributed by atoms with Crippen molar-refractivity contribution in [1.82, 2.24) is 0 Å². The van der Waals surface area contributed by atoms with Crippen LogP contribution in [0.5, 0.6) is 0 Å². The number of nitrogens with zero attached hydrogens (tertiary/aromatic N) is 1. The maximum Gasteiger partial charge on any atom is 0.0713 e. The molecule has 0 unspecified atom stereocenters.